The lowest BCUT2D eigenvalue weighted by molar-refractivity contribution is -0.203. The van der Waals surface area contributed by atoms with Crippen LogP contribution in [0.15, 0.2) is 30.3 Å². The molecule has 0 saturated carbocycles. The fourth-order valence-corrected chi connectivity index (χ4v) is 3.90. The Kier molecular flexibility index (Phi) is 4.94. The molecular weight excluding hydrogens is 400 g/mol. The minimum absolute atomic E-state index is 0.128. The highest BCUT2D eigenvalue weighted by atomic mass is 16.5. The Labute approximate surface area is 169 Å². The first kappa shape index (κ1) is 20.2. The molecule has 4 rings (SSSR count). The van der Waals surface area contributed by atoms with Crippen LogP contribution in [0.25, 0.3) is 0 Å². The predicted octanol–water partition coefficient (Wildman–Crippen LogP) is -0.0769. The zero-order chi connectivity index (χ0) is 21.7. The van der Waals surface area contributed by atoms with Crippen molar-refractivity contribution in [1.29, 1.82) is 0 Å². The monoisotopic (exact) mass is 420 g/mol. The number of ether oxygens (including phenoxy) is 2. The molecule has 10 heteroatoms. The molecule has 160 valence electrons. The number of benzene rings is 2. The highest BCUT2D eigenvalue weighted by molar-refractivity contribution is 6.04. The molecule has 2 aromatic carbocycles. The Hall–Kier alpha value is -3.05. The number of rotatable bonds is 2. The highest BCUT2D eigenvalue weighted by Crippen LogP contribution is 2.47. The first-order valence-corrected chi connectivity index (χ1v) is 9.13. The number of phenols is 4. The molecule has 0 spiro atoms. The molecule has 1 fully saturated rings. The van der Waals surface area contributed by atoms with Gasteiger partial charge < -0.3 is 45.2 Å². The number of Topliss-reactive ketones (excluding diaryl/α,β-unsaturated/α-hetero) is 1. The third-order valence-electron chi connectivity index (χ3n) is 5.42. The van der Waals surface area contributed by atoms with Crippen molar-refractivity contribution in [2.75, 3.05) is 6.61 Å². The number of ketones is 1. The highest BCUT2D eigenvalue weighted by Gasteiger charge is 2.51. The molecule has 6 atom stereocenters. The van der Waals surface area contributed by atoms with E-state index >= 15 is 0 Å². The number of aliphatic hydroxyl groups excluding tert-OH is 3. The van der Waals surface area contributed by atoms with E-state index in [-0.39, 0.29) is 29.2 Å². The number of phenolic OH excluding ortho intramolecular Hbond substituents is 4. The van der Waals surface area contributed by atoms with E-state index in [0.717, 1.165) is 18.2 Å². The van der Waals surface area contributed by atoms with E-state index in [2.05, 4.69) is 0 Å². The van der Waals surface area contributed by atoms with Crippen LogP contribution in [0.2, 0.25) is 0 Å². The number of fused-ring (bicyclic) bond motifs is 1. The lowest BCUT2D eigenvalue weighted by Gasteiger charge is -2.43. The Bertz CT molecular complexity index is 990. The van der Waals surface area contributed by atoms with E-state index in [1.807, 2.05) is 0 Å². The van der Waals surface area contributed by atoms with Crippen molar-refractivity contribution in [1.82, 2.24) is 0 Å². The zero-order valence-electron chi connectivity index (χ0n) is 15.4. The van der Waals surface area contributed by atoms with Gasteiger partial charge in [-0.15, -0.1) is 0 Å². The van der Waals surface area contributed by atoms with Crippen molar-refractivity contribution in [2.24, 2.45) is 5.92 Å². The van der Waals surface area contributed by atoms with Gasteiger partial charge in [-0.3, -0.25) is 4.79 Å². The maximum Gasteiger partial charge on any atom is 0.180 e. The first-order chi connectivity index (χ1) is 14.2. The van der Waals surface area contributed by atoms with Gasteiger partial charge in [-0.2, -0.15) is 0 Å². The number of aliphatic hydroxyl groups is 3. The van der Waals surface area contributed by atoms with Crippen LogP contribution >= 0.6 is 0 Å². The number of carbonyl (C=O) groups is 1. The summed E-state index contributed by atoms with van der Waals surface area (Å²) in [6.45, 7) is -0.353. The van der Waals surface area contributed by atoms with Crippen LogP contribution in [0, 0.1) is 5.92 Å². The molecule has 2 aromatic rings. The van der Waals surface area contributed by atoms with Gasteiger partial charge in [-0.25, -0.2) is 0 Å². The molecule has 30 heavy (non-hydrogen) atoms. The Morgan fingerprint density at radius 1 is 0.867 bits per heavy atom. The fraction of sp³-hybridized carbons (Fsp3) is 0.350. The minimum Gasteiger partial charge on any atom is -0.508 e. The van der Waals surface area contributed by atoms with Crippen LogP contribution in [-0.2, 0) is 4.74 Å². The largest absolute Gasteiger partial charge is 0.508 e. The van der Waals surface area contributed by atoms with Gasteiger partial charge in [-0.1, -0.05) is 6.07 Å². The van der Waals surface area contributed by atoms with Crippen LogP contribution in [0.3, 0.4) is 0 Å². The summed E-state index contributed by atoms with van der Waals surface area (Å²) < 4.78 is 11.3. The standard InChI is InChI=1S/C20H20O10/c21-8-4-11(24)14-13(5-8)30-19(7-1-2-9(22)10(23)3-7)15(17(14)27)20-18(28)16(26)12(25)6-29-20/h1-5,12,15-16,18-26,28H,6H2/t12-,15-,16+,18+,19-,20+/m0/s1. The average molecular weight is 420 g/mol. The molecule has 0 amide bonds. The number of hydrogen-bond acceptors (Lipinski definition) is 10. The summed E-state index contributed by atoms with van der Waals surface area (Å²) in [7, 11) is 0. The number of hydrogen-bond donors (Lipinski definition) is 7. The average Bonchev–Trinajstić information content (AvgIpc) is 2.68. The Balaban J connectivity index is 1.84. The van der Waals surface area contributed by atoms with Crippen molar-refractivity contribution < 1.29 is 50.0 Å². The zero-order valence-corrected chi connectivity index (χ0v) is 15.4. The summed E-state index contributed by atoms with van der Waals surface area (Å²) in [6, 6.07) is 5.82. The fourth-order valence-electron chi connectivity index (χ4n) is 3.90. The summed E-state index contributed by atoms with van der Waals surface area (Å²) in [5.41, 5.74) is -0.0120. The van der Waals surface area contributed by atoms with Gasteiger partial charge in [0.2, 0.25) is 0 Å². The smallest absolute Gasteiger partial charge is 0.180 e. The molecular formula is C20H20O10. The third kappa shape index (κ3) is 3.19. The maximum atomic E-state index is 13.3. The molecule has 1 saturated heterocycles. The lowest BCUT2D eigenvalue weighted by atomic mass is 9.77. The number of aromatic hydroxyl groups is 4. The molecule has 7 N–H and O–H groups in total. The van der Waals surface area contributed by atoms with Gasteiger partial charge in [0.1, 0.15) is 53.3 Å². The SMILES string of the molecule is O=C1c2c(O)cc(O)cc2O[C@@H](c2ccc(O)c(O)c2)[C@H]1[C@H]1OC[C@H](O)[C@@H](O)[C@H]1O. The lowest BCUT2D eigenvalue weighted by Crippen LogP contribution is -2.58. The van der Waals surface area contributed by atoms with Crippen molar-refractivity contribution >= 4 is 5.78 Å². The van der Waals surface area contributed by atoms with Gasteiger partial charge in [0.05, 0.1) is 12.5 Å². The molecule has 2 aliphatic heterocycles. The van der Waals surface area contributed by atoms with Crippen molar-refractivity contribution in [3.05, 3.63) is 41.5 Å². The second kappa shape index (κ2) is 7.33. The predicted molar refractivity (Wildman–Crippen MR) is 98.5 cm³/mol. The Morgan fingerprint density at radius 3 is 2.30 bits per heavy atom. The van der Waals surface area contributed by atoms with Gasteiger partial charge in [0, 0.05) is 12.1 Å². The van der Waals surface area contributed by atoms with E-state index < -0.39 is 59.5 Å². The van der Waals surface area contributed by atoms with Gasteiger partial charge in [0.25, 0.3) is 0 Å². The van der Waals surface area contributed by atoms with Crippen LogP contribution in [0.4, 0.5) is 0 Å². The van der Waals surface area contributed by atoms with Gasteiger partial charge in [-0.05, 0) is 17.7 Å². The van der Waals surface area contributed by atoms with E-state index in [1.165, 1.54) is 12.1 Å². The number of carbonyl (C=O) groups excluding carboxylic acids is 1. The molecule has 0 unspecified atom stereocenters. The summed E-state index contributed by atoms with van der Waals surface area (Å²) in [6.07, 6.45) is -7.09. The quantitative estimate of drug-likeness (QED) is 0.325. The van der Waals surface area contributed by atoms with E-state index in [4.69, 9.17) is 9.47 Å². The van der Waals surface area contributed by atoms with Crippen LogP contribution in [0.1, 0.15) is 22.0 Å². The maximum absolute atomic E-state index is 13.3. The van der Waals surface area contributed by atoms with E-state index in [1.54, 1.807) is 0 Å². The molecule has 0 bridgehead atoms. The van der Waals surface area contributed by atoms with Crippen LogP contribution in [-0.4, -0.2) is 72.6 Å². The van der Waals surface area contributed by atoms with Gasteiger partial charge >= 0.3 is 0 Å². The second-order valence-electron chi connectivity index (χ2n) is 7.36. The molecule has 0 aliphatic carbocycles. The normalized spacial score (nSPS) is 31.1. The van der Waals surface area contributed by atoms with Gasteiger partial charge in [0.15, 0.2) is 17.3 Å². The molecule has 2 aliphatic rings. The van der Waals surface area contributed by atoms with Crippen LogP contribution < -0.4 is 4.74 Å². The molecule has 0 radical (unpaired) electrons. The summed E-state index contributed by atoms with van der Waals surface area (Å²) in [5, 5.41) is 69.7. The molecule has 2 heterocycles. The molecule has 10 nitrogen and oxygen atoms in total. The van der Waals surface area contributed by atoms with Crippen molar-refractivity contribution in [3.63, 3.8) is 0 Å². The van der Waals surface area contributed by atoms with Crippen molar-refractivity contribution in [3.8, 4) is 28.7 Å². The first-order valence-electron chi connectivity index (χ1n) is 9.13. The summed E-state index contributed by atoms with van der Waals surface area (Å²) in [4.78, 5) is 13.3. The summed E-state index contributed by atoms with van der Waals surface area (Å²) >= 11 is 0. The molecule has 0 aromatic heterocycles. The van der Waals surface area contributed by atoms with E-state index in [0.29, 0.717) is 0 Å². The minimum atomic E-state index is -1.65. The topological polar surface area (TPSA) is 177 Å². The summed E-state index contributed by atoms with van der Waals surface area (Å²) in [5.74, 6) is -3.89. The third-order valence-corrected chi connectivity index (χ3v) is 5.42. The second-order valence-corrected chi connectivity index (χ2v) is 7.36. The van der Waals surface area contributed by atoms with Crippen molar-refractivity contribution in [2.45, 2.75) is 30.5 Å². The van der Waals surface area contributed by atoms with E-state index in [9.17, 15) is 40.5 Å². The Morgan fingerprint density at radius 2 is 1.60 bits per heavy atom. The van der Waals surface area contributed by atoms with Crippen LogP contribution in [0.5, 0.6) is 28.7 Å².